The van der Waals surface area contributed by atoms with Crippen molar-refractivity contribution in [2.24, 2.45) is 5.73 Å². The number of benzene rings is 1. The molecular weight excluding hydrogens is 408 g/mol. The first kappa shape index (κ1) is 21.3. The fourth-order valence-corrected chi connectivity index (χ4v) is 4.41. The van der Waals surface area contributed by atoms with Crippen LogP contribution in [0, 0.1) is 12.7 Å². The van der Waals surface area contributed by atoms with Crippen LogP contribution in [0.2, 0.25) is 0 Å². The number of nitrogens with two attached hydrogens (primary N) is 1. The van der Waals surface area contributed by atoms with Gasteiger partial charge in [0.1, 0.15) is 17.1 Å². The molecule has 2 heterocycles. The number of nitrogens with zero attached hydrogens (tertiary/aromatic N) is 2. The lowest BCUT2D eigenvalue weighted by Gasteiger charge is -2.33. The largest absolute Gasteiger partial charge is 0.492 e. The maximum absolute atomic E-state index is 15.7. The van der Waals surface area contributed by atoms with Crippen LogP contribution < -0.4 is 20.8 Å². The van der Waals surface area contributed by atoms with E-state index in [-0.39, 0.29) is 41.5 Å². The van der Waals surface area contributed by atoms with Crippen LogP contribution in [0.3, 0.4) is 0 Å². The second kappa shape index (κ2) is 7.96. The normalized spacial score (nSPS) is 18.4. The maximum atomic E-state index is 15.7. The summed E-state index contributed by atoms with van der Waals surface area (Å²) in [7, 11) is 1.39. The van der Waals surface area contributed by atoms with E-state index in [1.54, 1.807) is 9.47 Å². The van der Waals surface area contributed by atoms with E-state index in [2.05, 4.69) is 0 Å². The van der Waals surface area contributed by atoms with Crippen molar-refractivity contribution >= 4 is 22.6 Å². The van der Waals surface area contributed by atoms with Crippen LogP contribution in [0.25, 0.3) is 10.9 Å². The third-order valence-corrected chi connectivity index (χ3v) is 6.12. The number of pyridine rings is 1. The Morgan fingerprint density at radius 2 is 2.10 bits per heavy atom. The number of aryl methyl sites for hydroxylation is 1. The van der Waals surface area contributed by atoms with E-state index in [0.717, 1.165) is 12.8 Å². The number of methoxy groups -OCH3 is 1. The molecule has 9 heteroatoms. The minimum absolute atomic E-state index is 0.00538. The van der Waals surface area contributed by atoms with Crippen LogP contribution in [0.4, 0.5) is 14.5 Å². The van der Waals surface area contributed by atoms with Crippen molar-refractivity contribution in [3.05, 3.63) is 44.8 Å². The number of carbonyl (C=O) groups is 1. The van der Waals surface area contributed by atoms with Crippen molar-refractivity contribution in [1.29, 1.82) is 0 Å². The van der Waals surface area contributed by atoms with E-state index < -0.39 is 28.6 Å². The highest BCUT2D eigenvalue weighted by Crippen LogP contribution is 2.45. The summed E-state index contributed by atoms with van der Waals surface area (Å²) in [5, 5.41) is 9.51. The lowest BCUT2D eigenvalue weighted by molar-refractivity contribution is 0.0695. The zero-order chi connectivity index (χ0) is 22.4. The maximum Gasteiger partial charge on any atom is 0.341 e. The van der Waals surface area contributed by atoms with Gasteiger partial charge in [-0.2, -0.15) is 0 Å². The second-order valence-corrected chi connectivity index (χ2v) is 8.10. The Hall–Kier alpha value is -2.94. The minimum atomic E-state index is -1.35. The Balaban J connectivity index is 2.04. The SMILES string of the molecule is COc1c(N2CCC/C(=C(\F)CN)C2)c(F)c(C)c2c(=O)c(C(=O)O)cn(C3CC3)c12. The molecule has 1 aromatic carbocycles. The number of anilines is 1. The average molecular weight is 433 g/mol. The first-order chi connectivity index (χ1) is 14.8. The molecule has 31 heavy (non-hydrogen) atoms. The molecule has 4 rings (SSSR count). The molecule has 1 saturated heterocycles. The van der Waals surface area contributed by atoms with Crippen molar-refractivity contribution < 1.29 is 23.4 Å². The zero-order valence-electron chi connectivity index (χ0n) is 17.5. The molecule has 0 unspecified atom stereocenters. The molecule has 0 atom stereocenters. The molecule has 7 nitrogen and oxygen atoms in total. The summed E-state index contributed by atoms with van der Waals surface area (Å²) < 4.78 is 37.2. The van der Waals surface area contributed by atoms with Gasteiger partial charge in [-0.1, -0.05) is 0 Å². The summed E-state index contributed by atoms with van der Waals surface area (Å²) in [4.78, 5) is 26.3. The second-order valence-electron chi connectivity index (χ2n) is 8.10. The van der Waals surface area contributed by atoms with Crippen LogP contribution in [-0.2, 0) is 0 Å². The first-order valence-electron chi connectivity index (χ1n) is 10.3. The number of piperidine rings is 1. The molecule has 0 amide bonds. The smallest absolute Gasteiger partial charge is 0.341 e. The van der Waals surface area contributed by atoms with E-state index in [0.29, 0.717) is 30.5 Å². The van der Waals surface area contributed by atoms with E-state index in [1.165, 1.54) is 20.2 Å². The van der Waals surface area contributed by atoms with Crippen LogP contribution >= 0.6 is 0 Å². The van der Waals surface area contributed by atoms with Crippen molar-refractivity contribution in [1.82, 2.24) is 4.57 Å². The predicted octanol–water partition coefficient (Wildman–Crippen LogP) is 3.27. The molecule has 1 saturated carbocycles. The summed E-state index contributed by atoms with van der Waals surface area (Å²) in [6.45, 7) is 1.91. The molecule has 166 valence electrons. The Kier molecular flexibility index (Phi) is 5.47. The highest BCUT2D eigenvalue weighted by atomic mass is 19.1. The number of hydrogen-bond acceptors (Lipinski definition) is 5. The van der Waals surface area contributed by atoms with Gasteiger partial charge in [-0.15, -0.1) is 0 Å². The Morgan fingerprint density at radius 3 is 2.68 bits per heavy atom. The van der Waals surface area contributed by atoms with E-state index in [1.807, 2.05) is 0 Å². The fourth-order valence-electron chi connectivity index (χ4n) is 4.41. The van der Waals surface area contributed by atoms with Gasteiger partial charge in [0.25, 0.3) is 0 Å². The average Bonchev–Trinajstić information content (AvgIpc) is 3.60. The summed E-state index contributed by atoms with van der Waals surface area (Å²) in [6.07, 6.45) is 4.14. The van der Waals surface area contributed by atoms with Gasteiger partial charge in [-0.05, 0) is 38.2 Å². The number of carboxylic acid groups (broad SMARTS) is 1. The quantitative estimate of drug-likeness (QED) is 0.751. The number of fused-ring (bicyclic) bond motifs is 1. The molecule has 0 spiro atoms. The van der Waals surface area contributed by atoms with Gasteiger partial charge in [0.15, 0.2) is 11.6 Å². The first-order valence-corrected chi connectivity index (χ1v) is 10.3. The van der Waals surface area contributed by atoms with Crippen LogP contribution in [0.5, 0.6) is 5.75 Å². The number of rotatable bonds is 5. The number of ether oxygens (including phenoxy) is 1. The molecular formula is C22H25F2N3O4. The van der Waals surface area contributed by atoms with Gasteiger partial charge in [0.2, 0.25) is 5.43 Å². The number of aromatic carboxylic acids is 1. The van der Waals surface area contributed by atoms with Gasteiger partial charge in [-0.3, -0.25) is 4.79 Å². The summed E-state index contributed by atoms with van der Waals surface area (Å²) >= 11 is 0. The highest BCUT2D eigenvalue weighted by molar-refractivity contribution is 5.99. The highest BCUT2D eigenvalue weighted by Gasteiger charge is 2.33. The zero-order valence-corrected chi connectivity index (χ0v) is 17.5. The summed E-state index contributed by atoms with van der Waals surface area (Å²) in [6, 6.07) is 0.0132. The Labute approximate surface area is 177 Å². The minimum Gasteiger partial charge on any atom is -0.492 e. The van der Waals surface area contributed by atoms with Crippen LogP contribution in [-0.4, -0.2) is 42.4 Å². The number of aromatic nitrogens is 1. The summed E-state index contributed by atoms with van der Waals surface area (Å²) in [5.74, 6) is -2.26. The molecule has 0 radical (unpaired) electrons. The van der Waals surface area contributed by atoms with Gasteiger partial charge in [-0.25, -0.2) is 13.6 Å². The van der Waals surface area contributed by atoms with E-state index in [4.69, 9.17) is 10.5 Å². The standard InChI is InChI=1S/C22H25F2N3O4/c1-11-16-18(27(13-5-6-13)10-14(20(16)28)22(29)30)21(31-2)19(17(11)24)26-7-3-4-12(9-26)15(23)8-25/h10,13H,3-9,25H2,1-2H3,(H,29,30)/b15-12+. The lowest BCUT2D eigenvalue weighted by Crippen LogP contribution is -2.33. The van der Waals surface area contributed by atoms with E-state index >= 15 is 4.39 Å². The third-order valence-electron chi connectivity index (χ3n) is 6.12. The molecule has 1 aliphatic carbocycles. The van der Waals surface area contributed by atoms with Crippen molar-refractivity contribution in [3.63, 3.8) is 0 Å². The van der Waals surface area contributed by atoms with Gasteiger partial charge >= 0.3 is 5.97 Å². The Morgan fingerprint density at radius 1 is 1.39 bits per heavy atom. The molecule has 2 aromatic rings. The number of hydrogen-bond donors (Lipinski definition) is 2. The lowest BCUT2D eigenvalue weighted by atomic mass is 9.99. The molecule has 2 fully saturated rings. The third kappa shape index (κ3) is 3.46. The predicted molar refractivity (Wildman–Crippen MR) is 113 cm³/mol. The molecule has 1 aromatic heterocycles. The number of carboxylic acids is 1. The molecule has 2 aliphatic rings. The topological polar surface area (TPSA) is 97.8 Å². The summed E-state index contributed by atoms with van der Waals surface area (Å²) in [5.41, 5.74) is 5.43. The van der Waals surface area contributed by atoms with Gasteiger partial charge in [0, 0.05) is 37.4 Å². The number of halogens is 2. The van der Waals surface area contributed by atoms with Crippen molar-refractivity contribution in [2.45, 2.75) is 38.6 Å². The molecule has 1 aliphatic heterocycles. The van der Waals surface area contributed by atoms with Gasteiger partial charge in [0.05, 0.1) is 18.0 Å². The van der Waals surface area contributed by atoms with Crippen molar-refractivity contribution in [3.8, 4) is 5.75 Å². The van der Waals surface area contributed by atoms with E-state index in [9.17, 15) is 19.1 Å². The van der Waals surface area contributed by atoms with Crippen molar-refractivity contribution in [2.75, 3.05) is 31.6 Å². The Bertz CT molecular complexity index is 1170. The van der Waals surface area contributed by atoms with Gasteiger partial charge < -0.3 is 25.0 Å². The fraction of sp³-hybridized carbons (Fsp3) is 0.455. The monoisotopic (exact) mass is 433 g/mol. The van der Waals surface area contributed by atoms with Crippen LogP contribution in [0.15, 0.2) is 22.4 Å². The molecule has 0 bridgehead atoms. The van der Waals surface area contributed by atoms with Crippen LogP contribution in [0.1, 0.15) is 47.6 Å². The molecule has 3 N–H and O–H groups in total.